The summed E-state index contributed by atoms with van der Waals surface area (Å²) in [6, 6.07) is 15.2. The summed E-state index contributed by atoms with van der Waals surface area (Å²) in [6.07, 6.45) is 0. The van der Waals surface area contributed by atoms with E-state index in [2.05, 4.69) is 6.92 Å². The molecule has 0 atom stereocenters. The van der Waals surface area contributed by atoms with Crippen LogP contribution in [-0.2, 0) is 17.1 Å². The molecule has 0 bridgehead atoms. The third-order valence-corrected chi connectivity index (χ3v) is 7.66. The SMILES string of the molecule is CCN(CC)S(=O)(=O)c1ccc(-c2csc(=Nc3ccc(C)cc3)n2C)cc1. The van der Waals surface area contributed by atoms with E-state index in [0.29, 0.717) is 18.0 Å². The molecule has 0 saturated carbocycles. The lowest BCUT2D eigenvalue weighted by Crippen LogP contribution is -2.30. The first-order chi connectivity index (χ1) is 13.4. The molecule has 1 aromatic heterocycles. The Bertz CT molecular complexity index is 1110. The fourth-order valence-corrected chi connectivity index (χ4v) is 5.36. The van der Waals surface area contributed by atoms with E-state index in [1.165, 1.54) is 9.87 Å². The Kier molecular flexibility index (Phi) is 6.17. The first kappa shape index (κ1) is 20.5. The molecule has 0 aliphatic heterocycles. The number of aromatic nitrogens is 1. The predicted octanol–water partition coefficient (Wildman–Crippen LogP) is 4.32. The van der Waals surface area contributed by atoms with Gasteiger partial charge >= 0.3 is 0 Å². The first-order valence-corrected chi connectivity index (χ1v) is 11.5. The van der Waals surface area contributed by atoms with E-state index in [-0.39, 0.29) is 0 Å². The molecule has 3 rings (SSSR count). The minimum Gasteiger partial charge on any atom is -0.320 e. The van der Waals surface area contributed by atoms with E-state index in [4.69, 9.17) is 4.99 Å². The highest BCUT2D eigenvalue weighted by molar-refractivity contribution is 7.89. The van der Waals surface area contributed by atoms with Crippen LogP contribution in [0.3, 0.4) is 0 Å². The van der Waals surface area contributed by atoms with Gasteiger partial charge < -0.3 is 4.57 Å². The number of benzene rings is 2. The van der Waals surface area contributed by atoms with E-state index in [0.717, 1.165) is 21.7 Å². The summed E-state index contributed by atoms with van der Waals surface area (Å²) in [5.41, 5.74) is 4.08. The van der Waals surface area contributed by atoms with Crippen molar-refractivity contribution in [2.24, 2.45) is 12.0 Å². The normalized spacial score (nSPS) is 12.7. The van der Waals surface area contributed by atoms with Gasteiger partial charge in [-0.05, 0) is 36.8 Å². The summed E-state index contributed by atoms with van der Waals surface area (Å²) in [5.74, 6) is 0. The third kappa shape index (κ3) is 4.11. The van der Waals surface area contributed by atoms with E-state index in [9.17, 15) is 8.42 Å². The predicted molar refractivity (Wildman–Crippen MR) is 115 cm³/mol. The van der Waals surface area contributed by atoms with Gasteiger partial charge in [-0.25, -0.2) is 13.4 Å². The molecular weight excluding hydrogens is 390 g/mol. The number of hydrogen-bond donors (Lipinski definition) is 0. The summed E-state index contributed by atoms with van der Waals surface area (Å²) in [4.78, 5) is 5.92. The zero-order chi connectivity index (χ0) is 20.3. The Hall–Kier alpha value is -2.22. The molecule has 1 heterocycles. The van der Waals surface area contributed by atoms with Gasteiger partial charge in [0.25, 0.3) is 0 Å². The van der Waals surface area contributed by atoms with Gasteiger partial charge in [-0.1, -0.05) is 43.7 Å². The van der Waals surface area contributed by atoms with E-state index < -0.39 is 10.0 Å². The lowest BCUT2D eigenvalue weighted by atomic mass is 10.2. The maximum absolute atomic E-state index is 12.6. The Labute approximate surface area is 170 Å². The van der Waals surface area contributed by atoms with Gasteiger partial charge in [0.1, 0.15) is 0 Å². The minimum absolute atomic E-state index is 0.322. The molecule has 0 amide bonds. The maximum atomic E-state index is 12.6. The average molecular weight is 416 g/mol. The summed E-state index contributed by atoms with van der Waals surface area (Å²) in [6.45, 7) is 6.67. The van der Waals surface area contributed by atoms with Gasteiger partial charge in [0.05, 0.1) is 16.3 Å². The van der Waals surface area contributed by atoms with Gasteiger partial charge in [-0.2, -0.15) is 4.31 Å². The second-order valence-electron chi connectivity index (χ2n) is 6.52. The fraction of sp³-hybridized carbons (Fsp3) is 0.286. The monoisotopic (exact) mass is 415 g/mol. The van der Waals surface area contributed by atoms with Crippen molar-refractivity contribution in [2.75, 3.05) is 13.1 Å². The summed E-state index contributed by atoms with van der Waals surface area (Å²) in [5, 5.41) is 2.04. The van der Waals surface area contributed by atoms with Crippen molar-refractivity contribution in [2.45, 2.75) is 25.7 Å². The lowest BCUT2D eigenvalue weighted by Gasteiger charge is -2.18. The highest BCUT2D eigenvalue weighted by Gasteiger charge is 2.21. The highest BCUT2D eigenvalue weighted by Crippen LogP contribution is 2.23. The van der Waals surface area contributed by atoms with Crippen molar-refractivity contribution in [3.05, 3.63) is 64.3 Å². The molecular formula is C21H25N3O2S2. The first-order valence-electron chi connectivity index (χ1n) is 9.23. The van der Waals surface area contributed by atoms with Gasteiger partial charge in [0, 0.05) is 25.5 Å². The van der Waals surface area contributed by atoms with Crippen LogP contribution in [0.15, 0.2) is 63.8 Å². The molecule has 0 spiro atoms. The van der Waals surface area contributed by atoms with Crippen molar-refractivity contribution in [3.8, 4) is 11.3 Å². The third-order valence-electron chi connectivity index (χ3n) is 4.68. The maximum Gasteiger partial charge on any atom is 0.243 e. The zero-order valence-corrected chi connectivity index (χ0v) is 18.2. The van der Waals surface area contributed by atoms with Gasteiger partial charge in [0.15, 0.2) is 4.80 Å². The topological polar surface area (TPSA) is 54.7 Å². The van der Waals surface area contributed by atoms with Gasteiger partial charge in [0.2, 0.25) is 10.0 Å². The van der Waals surface area contributed by atoms with E-state index in [1.54, 1.807) is 23.5 Å². The smallest absolute Gasteiger partial charge is 0.243 e. The van der Waals surface area contributed by atoms with Crippen LogP contribution in [0.25, 0.3) is 11.3 Å². The molecule has 5 nitrogen and oxygen atoms in total. The number of aryl methyl sites for hydroxylation is 1. The van der Waals surface area contributed by atoms with Crippen LogP contribution in [-0.4, -0.2) is 30.4 Å². The molecule has 148 valence electrons. The Morgan fingerprint density at radius 3 is 2.18 bits per heavy atom. The molecule has 0 aliphatic rings. The van der Waals surface area contributed by atoms with Gasteiger partial charge in [-0.15, -0.1) is 11.3 Å². The Morgan fingerprint density at radius 1 is 1.00 bits per heavy atom. The molecule has 0 fully saturated rings. The number of sulfonamides is 1. The standard InChI is InChI=1S/C21H25N3O2S2/c1-5-24(6-2)28(25,26)19-13-9-17(10-14-19)20-15-27-21(23(20)4)22-18-11-7-16(3)8-12-18/h7-15H,5-6H2,1-4H3. The summed E-state index contributed by atoms with van der Waals surface area (Å²) < 4.78 is 28.8. The lowest BCUT2D eigenvalue weighted by molar-refractivity contribution is 0.445. The number of hydrogen-bond acceptors (Lipinski definition) is 4. The number of rotatable bonds is 6. The van der Waals surface area contributed by atoms with E-state index >= 15 is 0 Å². The molecule has 2 aromatic carbocycles. The number of nitrogens with zero attached hydrogens (tertiary/aromatic N) is 3. The van der Waals surface area contributed by atoms with Crippen LogP contribution >= 0.6 is 11.3 Å². The highest BCUT2D eigenvalue weighted by atomic mass is 32.2. The largest absolute Gasteiger partial charge is 0.320 e. The van der Waals surface area contributed by atoms with Crippen LogP contribution in [0.2, 0.25) is 0 Å². The second-order valence-corrected chi connectivity index (χ2v) is 9.30. The van der Waals surface area contributed by atoms with Crippen molar-refractivity contribution in [3.63, 3.8) is 0 Å². The van der Waals surface area contributed by atoms with Crippen LogP contribution in [0, 0.1) is 6.92 Å². The fourth-order valence-electron chi connectivity index (χ4n) is 2.97. The Morgan fingerprint density at radius 2 is 1.61 bits per heavy atom. The Balaban J connectivity index is 1.93. The van der Waals surface area contributed by atoms with E-state index in [1.807, 2.05) is 67.2 Å². The van der Waals surface area contributed by atoms with Crippen LogP contribution in [0.5, 0.6) is 0 Å². The van der Waals surface area contributed by atoms with Crippen molar-refractivity contribution >= 4 is 27.0 Å². The minimum atomic E-state index is -3.44. The molecule has 0 unspecified atom stereocenters. The van der Waals surface area contributed by atoms with Crippen LogP contribution < -0.4 is 4.80 Å². The second kappa shape index (κ2) is 8.43. The molecule has 7 heteroatoms. The molecule has 3 aromatic rings. The van der Waals surface area contributed by atoms with Crippen LogP contribution in [0.1, 0.15) is 19.4 Å². The quantitative estimate of drug-likeness (QED) is 0.602. The summed E-state index contributed by atoms with van der Waals surface area (Å²) >= 11 is 1.56. The van der Waals surface area contributed by atoms with Crippen LogP contribution in [0.4, 0.5) is 5.69 Å². The molecule has 0 radical (unpaired) electrons. The van der Waals surface area contributed by atoms with Crippen molar-refractivity contribution in [1.29, 1.82) is 0 Å². The van der Waals surface area contributed by atoms with Crippen molar-refractivity contribution < 1.29 is 8.42 Å². The molecule has 0 N–H and O–H groups in total. The molecule has 0 saturated heterocycles. The average Bonchev–Trinajstić information content (AvgIpc) is 3.05. The molecule has 0 aliphatic carbocycles. The van der Waals surface area contributed by atoms with Gasteiger partial charge in [-0.3, -0.25) is 0 Å². The molecule has 28 heavy (non-hydrogen) atoms. The van der Waals surface area contributed by atoms with Crippen molar-refractivity contribution in [1.82, 2.24) is 8.87 Å². The zero-order valence-electron chi connectivity index (χ0n) is 16.6. The number of thiazole rings is 1. The summed E-state index contributed by atoms with van der Waals surface area (Å²) in [7, 11) is -1.47.